The highest BCUT2D eigenvalue weighted by Crippen LogP contribution is 2.38. The summed E-state index contributed by atoms with van der Waals surface area (Å²) in [5, 5.41) is 4.14. The van der Waals surface area contributed by atoms with Crippen LogP contribution in [-0.2, 0) is 10.3 Å². The van der Waals surface area contributed by atoms with Crippen LogP contribution in [0.2, 0.25) is 0 Å². The summed E-state index contributed by atoms with van der Waals surface area (Å²) in [5.41, 5.74) is 6.76. The van der Waals surface area contributed by atoms with Crippen LogP contribution >= 0.6 is 0 Å². The first-order chi connectivity index (χ1) is 10.2. The minimum absolute atomic E-state index is 0.398. The van der Waals surface area contributed by atoms with E-state index in [2.05, 4.69) is 10.1 Å². The molecule has 1 unspecified atom stereocenters. The van der Waals surface area contributed by atoms with Crippen molar-refractivity contribution >= 4 is 0 Å². The zero-order valence-electron chi connectivity index (χ0n) is 12.3. The van der Waals surface area contributed by atoms with Crippen molar-refractivity contribution in [1.82, 2.24) is 10.1 Å². The fourth-order valence-corrected chi connectivity index (χ4v) is 2.99. The summed E-state index contributed by atoms with van der Waals surface area (Å²) in [7, 11) is 1.72. The summed E-state index contributed by atoms with van der Waals surface area (Å²) in [6.45, 7) is 0. The molecule has 0 radical (unpaired) electrons. The SMILES string of the molecule is COC1(c2noc(C(N)c3ccccc3)n2)CCCCC1. The summed E-state index contributed by atoms with van der Waals surface area (Å²) in [5.74, 6) is 1.07. The van der Waals surface area contributed by atoms with Crippen LogP contribution in [0, 0.1) is 0 Å². The first-order valence-electron chi connectivity index (χ1n) is 7.45. The summed E-state index contributed by atoms with van der Waals surface area (Å²) in [4.78, 5) is 4.53. The van der Waals surface area contributed by atoms with E-state index in [1.807, 2.05) is 30.3 Å². The van der Waals surface area contributed by atoms with Gasteiger partial charge in [0, 0.05) is 7.11 Å². The minimum atomic E-state index is -0.406. The van der Waals surface area contributed by atoms with Crippen LogP contribution < -0.4 is 5.73 Å². The fraction of sp³-hybridized carbons (Fsp3) is 0.500. The molecule has 0 amide bonds. The maximum atomic E-state index is 6.21. The van der Waals surface area contributed by atoms with Gasteiger partial charge in [-0.05, 0) is 18.4 Å². The van der Waals surface area contributed by atoms with Gasteiger partial charge in [0.2, 0.25) is 11.7 Å². The van der Waals surface area contributed by atoms with Crippen LogP contribution in [0.25, 0.3) is 0 Å². The molecule has 1 fully saturated rings. The number of nitrogens with two attached hydrogens (primary N) is 1. The number of ether oxygens (including phenoxy) is 1. The Kier molecular flexibility index (Phi) is 4.03. The van der Waals surface area contributed by atoms with E-state index < -0.39 is 11.6 Å². The molecule has 1 aromatic carbocycles. The lowest BCUT2D eigenvalue weighted by molar-refractivity contribution is -0.0527. The van der Waals surface area contributed by atoms with E-state index in [0.29, 0.717) is 11.7 Å². The van der Waals surface area contributed by atoms with Crippen LogP contribution in [0.15, 0.2) is 34.9 Å². The Morgan fingerprint density at radius 2 is 1.90 bits per heavy atom. The molecule has 112 valence electrons. The Morgan fingerprint density at radius 1 is 1.19 bits per heavy atom. The van der Waals surface area contributed by atoms with Gasteiger partial charge in [-0.15, -0.1) is 0 Å². The number of aromatic nitrogens is 2. The molecule has 0 spiro atoms. The Labute approximate surface area is 124 Å². The van der Waals surface area contributed by atoms with Crippen molar-refractivity contribution in [2.75, 3.05) is 7.11 Å². The molecule has 21 heavy (non-hydrogen) atoms. The second kappa shape index (κ2) is 5.95. The molecule has 5 nitrogen and oxygen atoms in total. The quantitative estimate of drug-likeness (QED) is 0.935. The molecule has 2 aromatic rings. The van der Waals surface area contributed by atoms with Gasteiger partial charge in [0.15, 0.2) is 0 Å². The van der Waals surface area contributed by atoms with Crippen LogP contribution in [0.3, 0.4) is 0 Å². The Hall–Kier alpha value is -1.72. The van der Waals surface area contributed by atoms with E-state index >= 15 is 0 Å². The zero-order chi connectivity index (χ0) is 14.7. The monoisotopic (exact) mass is 287 g/mol. The summed E-state index contributed by atoms with van der Waals surface area (Å²) in [6, 6.07) is 9.37. The van der Waals surface area contributed by atoms with Gasteiger partial charge in [-0.25, -0.2) is 0 Å². The van der Waals surface area contributed by atoms with Crippen LogP contribution in [0.1, 0.15) is 55.4 Å². The molecule has 0 bridgehead atoms. The normalized spacial score (nSPS) is 19.3. The molecule has 1 heterocycles. The van der Waals surface area contributed by atoms with Crippen molar-refractivity contribution in [3.05, 3.63) is 47.6 Å². The molecule has 1 aliphatic rings. The maximum absolute atomic E-state index is 6.21. The molecule has 1 saturated carbocycles. The highest BCUT2D eigenvalue weighted by atomic mass is 16.5. The molecule has 0 aliphatic heterocycles. The molecule has 1 aromatic heterocycles. The van der Waals surface area contributed by atoms with Crippen molar-refractivity contribution in [3.63, 3.8) is 0 Å². The van der Waals surface area contributed by atoms with E-state index in [0.717, 1.165) is 31.2 Å². The summed E-state index contributed by atoms with van der Waals surface area (Å²) >= 11 is 0. The number of rotatable bonds is 4. The second-order valence-electron chi connectivity index (χ2n) is 5.60. The molecular formula is C16H21N3O2. The predicted molar refractivity (Wildman–Crippen MR) is 78.5 cm³/mol. The molecule has 0 saturated heterocycles. The number of hydrogen-bond donors (Lipinski definition) is 1. The Morgan fingerprint density at radius 3 is 2.57 bits per heavy atom. The van der Waals surface area contributed by atoms with Gasteiger partial charge in [0.05, 0.1) is 0 Å². The van der Waals surface area contributed by atoms with Crippen molar-refractivity contribution in [2.24, 2.45) is 5.73 Å². The number of hydrogen-bond acceptors (Lipinski definition) is 5. The lowest BCUT2D eigenvalue weighted by Gasteiger charge is -2.32. The van der Waals surface area contributed by atoms with Crippen molar-refractivity contribution in [2.45, 2.75) is 43.7 Å². The highest BCUT2D eigenvalue weighted by molar-refractivity contribution is 5.23. The van der Waals surface area contributed by atoms with E-state index in [1.54, 1.807) is 7.11 Å². The van der Waals surface area contributed by atoms with E-state index in [9.17, 15) is 0 Å². The van der Waals surface area contributed by atoms with Crippen molar-refractivity contribution in [1.29, 1.82) is 0 Å². The topological polar surface area (TPSA) is 74.2 Å². The van der Waals surface area contributed by atoms with E-state index in [4.69, 9.17) is 15.0 Å². The van der Waals surface area contributed by atoms with Crippen molar-refractivity contribution in [3.8, 4) is 0 Å². The lowest BCUT2D eigenvalue weighted by Crippen LogP contribution is -2.32. The van der Waals surface area contributed by atoms with Gasteiger partial charge in [0.1, 0.15) is 11.6 Å². The van der Waals surface area contributed by atoms with Gasteiger partial charge in [-0.3, -0.25) is 0 Å². The molecule has 3 rings (SSSR count). The standard InChI is InChI=1S/C16H21N3O2/c1-20-16(10-6-3-7-11-16)15-18-14(21-19-15)13(17)12-8-4-2-5-9-12/h2,4-5,8-9,13H,3,6-7,10-11,17H2,1H3. The van der Waals surface area contributed by atoms with Gasteiger partial charge in [0.25, 0.3) is 0 Å². The molecule has 1 atom stereocenters. The van der Waals surface area contributed by atoms with E-state index in [1.165, 1.54) is 6.42 Å². The third-order valence-electron chi connectivity index (χ3n) is 4.33. The summed E-state index contributed by atoms with van der Waals surface area (Å²) < 4.78 is 11.1. The predicted octanol–water partition coefficient (Wildman–Crippen LogP) is 2.92. The van der Waals surface area contributed by atoms with Gasteiger partial charge < -0.3 is 15.0 Å². The second-order valence-corrected chi connectivity index (χ2v) is 5.60. The van der Waals surface area contributed by atoms with Crippen LogP contribution in [0.5, 0.6) is 0 Å². The van der Waals surface area contributed by atoms with Gasteiger partial charge >= 0.3 is 0 Å². The smallest absolute Gasteiger partial charge is 0.248 e. The third-order valence-corrected chi connectivity index (χ3v) is 4.33. The molecule has 5 heteroatoms. The number of benzene rings is 1. The largest absolute Gasteiger partial charge is 0.370 e. The Balaban J connectivity index is 1.86. The van der Waals surface area contributed by atoms with Crippen LogP contribution in [0.4, 0.5) is 0 Å². The highest BCUT2D eigenvalue weighted by Gasteiger charge is 2.39. The third kappa shape index (κ3) is 2.71. The maximum Gasteiger partial charge on any atom is 0.248 e. The Bertz CT molecular complexity index is 576. The number of methoxy groups -OCH3 is 1. The zero-order valence-corrected chi connectivity index (χ0v) is 12.3. The number of nitrogens with zero attached hydrogens (tertiary/aromatic N) is 2. The average Bonchev–Trinajstić information content (AvgIpc) is 3.06. The van der Waals surface area contributed by atoms with Crippen LogP contribution in [-0.4, -0.2) is 17.3 Å². The van der Waals surface area contributed by atoms with E-state index in [-0.39, 0.29) is 0 Å². The summed E-state index contributed by atoms with van der Waals surface area (Å²) in [6.07, 6.45) is 5.36. The van der Waals surface area contributed by atoms with Gasteiger partial charge in [-0.2, -0.15) is 4.98 Å². The first-order valence-corrected chi connectivity index (χ1v) is 7.45. The minimum Gasteiger partial charge on any atom is -0.370 e. The average molecular weight is 287 g/mol. The van der Waals surface area contributed by atoms with Gasteiger partial charge in [-0.1, -0.05) is 54.8 Å². The lowest BCUT2D eigenvalue weighted by atomic mass is 9.84. The van der Waals surface area contributed by atoms with Crippen molar-refractivity contribution < 1.29 is 9.26 Å². The molecule has 2 N–H and O–H groups in total. The molecule has 1 aliphatic carbocycles. The first kappa shape index (κ1) is 14.2. The fourth-order valence-electron chi connectivity index (χ4n) is 2.99. The molecular weight excluding hydrogens is 266 g/mol.